The number of ether oxygens (including phenoxy) is 1. The Bertz CT molecular complexity index is 1180. The topological polar surface area (TPSA) is 75.7 Å². The Balaban J connectivity index is 1.55. The van der Waals surface area contributed by atoms with Gasteiger partial charge in [-0.1, -0.05) is 30.3 Å². The second-order valence-corrected chi connectivity index (χ2v) is 9.17. The molecule has 174 valence electrons. The van der Waals surface area contributed by atoms with Gasteiger partial charge in [-0.05, 0) is 54.1 Å². The Morgan fingerprint density at radius 1 is 0.939 bits per heavy atom. The van der Waals surface area contributed by atoms with Gasteiger partial charge in [0.25, 0.3) is 5.91 Å². The fourth-order valence-electron chi connectivity index (χ4n) is 2.90. The van der Waals surface area contributed by atoms with E-state index in [-0.39, 0.29) is 22.9 Å². The number of hydrogen-bond acceptors (Lipinski definition) is 4. The van der Waals surface area contributed by atoms with Gasteiger partial charge in [-0.25, -0.2) is 8.42 Å². The largest absolute Gasteiger partial charge is 0.484 e. The Morgan fingerprint density at radius 2 is 1.55 bits per heavy atom. The van der Waals surface area contributed by atoms with Crippen LogP contribution in [0.4, 0.5) is 18.9 Å². The summed E-state index contributed by atoms with van der Waals surface area (Å²) >= 11 is 0. The van der Waals surface area contributed by atoms with Crippen LogP contribution in [0, 0.1) is 0 Å². The van der Waals surface area contributed by atoms with Gasteiger partial charge in [-0.3, -0.25) is 4.79 Å². The van der Waals surface area contributed by atoms with Crippen LogP contribution in [0.5, 0.6) is 5.75 Å². The quantitative estimate of drug-likeness (QED) is 0.516. The molecule has 0 aliphatic carbocycles. The van der Waals surface area contributed by atoms with Crippen LogP contribution in [-0.2, 0) is 27.5 Å². The summed E-state index contributed by atoms with van der Waals surface area (Å²) in [5, 5.41) is 2.43. The maximum absolute atomic E-state index is 12.8. The number of benzene rings is 3. The van der Waals surface area contributed by atoms with E-state index in [0.29, 0.717) is 0 Å². The number of anilines is 1. The van der Waals surface area contributed by atoms with Crippen LogP contribution in [0.3, 0.4) is 0 Å². The van der Waals surface area contributed by atoms with Crippen LogP contribution in [0.2, 0.25) is 0 Å². The predicted octanol–water partition coefficient (Wildman–Crippen LogP) is 4.54. The van der Waals surface area contributed by atoms with E-state index in [9.17, 15) is 26.4 Å². The van der Waals surface area contributed by atoms with Crippen molar-refractivity contribution < 1.29 is 31.1 Å². The number of alkyl halides is 3. The molecule has 10 heteroatoms. The van der Waals surface area contributed by atoms with Gasteiger partial charge in [0.05, 0.1) is 10.5 Å². The van der Waals surface area contributed by atoms with Crippen molar-refractivity contribution in [2.75, 3.05) is 19.0 Å². The molecule has 0 spiro atoms. The van der Waals surface area contributed by atoms with E-state index in [1.165, 1.54) is 35.6 Å². The van der Waals surface area contributed by atoms with Gasteiger partial charge in [0.2, 0.25) is 10.0 Å². The lowest BCUT2D eigenvalue weighted by Gasteiger charge is -2.17. The van der Waals surface area contributed by atoms with Crippen molar-refractivity contribution >= 4 is 21.6 Å². The van der Waals surface area contributed by atoms with Gasteiger partial charge in [-0.15, -0.1) is 0 Å². The molecule has 3 rings (SSSR count). The molecule has 0 atom stereocenters. The summed E-state index contributed by atoms with van der Waals surface area (Å²) in [6.45, 7) is -0.188. The summed E-state index contributed by atoms with van der Waals surface area (Å²) < 4.78 is 69.8. The average Bonchev–Trinajstić information content (AvgIpc) is 2.78. The molecule has 33 heavy (non-hydrogen) atoms. The fourth-order valence-corrected chi connectivity index (χ4v) is 4.06. The van der Waals surface area contributed by atoms with Crippen LogP contribution in [-0.4, -0.2) is 32.3 Å². The monoisotopic (exact) mass is 478 g/mol. The summed E-state index contributed by atoms with van der Waals surface area (Å²) in [5.41, 5.74) is 0.225. The first-order chi connectivity index (χ1) is 15.6. The minimum atomic E-state index is -4.46. The molecule has 1 amide bonds. The van der Waals surface area contributed by atoms with Crippen molar-refractivity contribution in [1.82, 2.24) is 4.31 Å². The highest BCUT2D eigenvalue weighted by Gasteiger charge is 2.30. The molecule has 0 fully saturated rings. The van der Waals surface area contributed by atoms with Crippen molar-refractivity contribution in [3.8, 4) is 5.75 Å². The summed E-state index contributed by atoms with van der Waals surface area (Å²) in [6, 6.07) is 18.8. The van der Waals surface area contributed by atoms with Crippen molar-refractivity contribution in [2.45, 2.75) is 17.6 Å². The van der Waals surface area contributed by atoms with Gasteiger partial charge in [0.15, 0.2) is 6.61 Å². The lowest BCUT2D eigenvalue weighted by Crippen LogP contribution is -2.26. The molecule has 0 aliphatic heterocycles. The molecule has 0 radical (unpaired) electrons. The molecule has 1 N–H and O–H groups in total. The second-order valence-electron chi connectivity index (χ2n) is 7.13. The third-order valence-corrected chi connectivity index (χ3v) is 6.46. The van der Waals surface area contributed by atoms with Crippen LogP contribution in [0.1, 0.15) is 11.1 Å². The maximum Gasteiger partial charge on any atom is 0.416 e. The minimum Gasteiger partial charge on any atom is -0.484 e. The fraction of sp³-hybridized carbons (Fsp3) is 0.174. The SMILES string of the molecule is CN(Cc1ccccc1)S(=O)(=O)c1ccc(OCC(=O)Nc2ccc(C(F)(F)F)cc2)cc1. The van der Waals surface area contributed by atoms with E-state index in [1.54, 1.807) is 0 Å². The first-order valence-corrected chi connectivity index (χ1v) is 11.2. The van der Waals surface area contributed by atoms with E-state index in [0.717, 1.165) is 29.8 Å². The lowest BCUT2D eigenvalue weighted by molar-refractivity contribution is -0.137. The van der Waals surface area contributed by atoms with E-state index >= 15 is 0 Å². The van der Waals surface area contributed by atoms with Gasteiger partial charge < -0.3 is 10.1 Å². The van der Waals surface area contributed by atoms with E-state index in [1.807, 2.05) is 30.3 Å². The molecule has 6 nitrogen and oxygen atoms in total. The number of amides is 1. The van der Waals surface area contributed by atoms with Crippen molar-refractivity contribution in [2.24, 2.45) is 0 Å². The highest BCUT2D eigenvalue weighted by molar-refractivity contribution is 7.89. The predicted molar refractivity (Wildman–Crippen MR) is 117 cm³/mol. The molecule has 3 aromatic carbocycles. The van der Waals surface area contributed by atoms with Crippen LogP contribution in [0.25, 0.3) is 0 Å². The third-order valence-electron chi connectivity index (χ3n) is 4.65. The van der Waals surface area contributed by atoms with Crippen LogP contribution in [0.15, 0.2) is 83.8 Å². The molecule has 3 aromatic rings. The molecule has 0 heterocycles. The molecule has 0 saturated carbocycles. The van der Waals surface area contributed by atoms with E-state index in [2.05, 4.69) is 5.32 Å². The van der Waals surface area contributed by atoms with Crippen LogP contribution < -0.4 is 10.1 Å². The number of carbonyl (C=O) groups is 1. The van der Waals surface area contributed by atoms with Gasteiger partial charge in [-0.2, -0.15) is 17.5 Å². The molecule has 0 bridgehead atoms. The van der Waals surface area contributed by atoms with Gasteiger partial charge in [0, 0.05) is 19.3 Å². The van der Waals surface area contributed by atoms with Crippen molar-refractivity contribution in [3.05, 3.63) is 90.0 Å². The molecule has 0 aromatic heterocycles. The number of sulfonamides is 1. The second kappa shape index (κ2) is 10.1. The Morgan fingerprint density at radius 3 is 2.12 bits per heavy atom. The Kier molecular flexibility index (Phi) is 7.39. The van der Waals surface area contributed by atoms with E-state index in [4.69, 9.17) is 4.74 Å². The highest BCUT2D eigenvalue weighted by Crippen LogP contribution is 2.29. The third kappa shape index (κ3) is 6.56. The minimum absolute atomic E-state index is 0.0717. The Hall–Kier alpha value is -3.37. The zero-order valence-electron chi connectivity index (χ0n) is 17.5. The Labute approximate surface area is 189 Å². The zero-order chi connectivity index (χ0) is 24.1. The van der Waals surface area contributed by atoms with Gasteiger partial charge >= 0.3 is 6.18 Å². The zero-order valence-corrected chi connectivity index (χ0v) is 18.4. The first-order valence-electron chi connectivity index (χ1n) is 9.76. The van der Waals surface area contributed by atoms with E-state index < -0.39 is 34.3 Å². The lowest BCUT2D eigenvalue weighted by atomic mass is 10.2. The highest BCUT2D eigenvalue weighted by atomic mass is 32.2. The number of rotatable bonds is 8. The summed E-state index contributed by atoms with van der Waals surface area (Å²) in [4.78, 5) is 12.1. The number of halogens is 3. The molecular weight excluding hydrogens is 457 g/mol. The van der Waals surface area contributed by atoms with Gasteiger partial charge in [0.1, 0.15) is 5.75 Å². The summed E-state index contributed by atoms with van der Waals surface area (Å²) in [6.07, 6.45) is -4.46. The smallest absolute Gasteiger partial charge is 0.416 e. The normalized spacial score (nSPS) is 11.9. The number of carbonyl (C=O) groups excluding carboxylic acids is 1. The first kappa shape index (κ1) is 24.3. The molecule has 0 unspecified atom stereocenters. The summed E-state index contributed by atoms with van der Waals surface area (Å²) in [5.74, 6) is -0.309. The summed E-state index contributed by atoms with van der Waals surface area (Å²) in [7, 11) is -2.24. The van der Waals surface area contributed by atoms with Crippen molar-refractivity contribution in [3.63, 3.8) is 0 Å². The maximum atomic E-state index is 12.8. The van der Waals surface area contributed by atoms with Crippen LogP contribution >= 0.6 is 0 Å². The molecule has 0 saturated heterocycles. The molecular formula is C23H21F3N2O4S. The number of nitrogens with one attached hydrogen (secondary N) is 1. The van der Waals surface area contributed by atoms with Crippen molar-refractivity contribution in [1.29, 1.82) is 0 Å². The number of nitrogens with zero attached hydrogens (tertiary/aromatic N) is 1. The average molecular weight is 478 g/mol. The molecule has 0 aliphatic rings. The number of hydrogen-bond donors (Lipinski definition) is 1. The standard InChI is InChI=1S/C23H21F3N2O4S/c1-28(15-17-5-3-2-4-6-17)33(30,31)21-13-11-20(12-14-21)32-16-22(29)27-19-9-7-18(8-10-19)23(24,25)26/h2-14H,15-16H2,1H3,(H,27,29).